The van der Waals surface area contributed by atoms with Gasteiger partial charge in [0.05, 0.1) is 24.1 Å². The Labute approximate surface area is 156 Å². The molecular weight excluding hydrogens is 344 g/mol. The molecule has 27 heavy (non-hydrogen) atoms. The highest BCUT2D eigenvalue weighted by Gasteiger charge is 2.37. The number of aliphatic hydroxyl groups excluding tert-OH is 1. The summed E-state index contributed by atoms with van der Waals surface area (Å²) in [6, 6.07) is 16.4. The number of amides is 2. The van der Waals surface area contributed by atoms with Crippen molar-refractivity contribution in [1.29, 1.82) is 0 Å². The van der Waals surface area contributed by atoms with Gasteiger partial charge in [0.1, 0.15) is 0 Å². The zero-order valence-electron chi connectivity index (χ0n) is 14.6. The van der Waals surface area contributed by atoms with Crippen LogP contribution in [0.15, 0.2) is 54.6 Å². The molecule has 0 aliphatic carbocycles. The van der Waals surface area contributed by atoms with Gasteiger partial charge in [0.2, 0.25) is 11.8 Å². The number of benzene rings is 2. The molecule has 0 spiro atoms. The van der Waals surface area contributed by atoms with Gasteiger partial charge in [-0.3, -0.25) is 19.6 Å². The number of para-hydroxylation sites is 1. The average Bonchev–Trinajstić information content (AvgIpc) is 3.30. The summed E-state index contributed by atoms with van der Waals surface area (Å²) in [5.41, 5.74) is 1.67. The third-order valence-electron chi connectivity index (χ3n) is 4.90. The van der Waals surface area contributed by atoms with Gasteiger partial charge >= 0.3 is 0 Å². The topological polar surface area (TPSA) is 98.3 Å². The van der Waals surface area contributed by atoms with Crippen molar-refractivity contribution >= 4 is 28.5 Å². The molecule has 2 heterocycles. The molecule has 0 saturated carbocycles. The fourth-order valence-corrected chi connectivity index (χ4v) is 3.45. The molecule has 4 rings (SSSR count). The Morgan fingerprint density at radius 1 is 1.22 bits per heavy atom. The Balaban J connectivity index is 1.49. The molecule has 0 unspecified atom stereocenters. The SMILES string of the molecule is O=C(N[C@@H](CO)c1ccccc1)[C@H]1CC(=O)N(c2n[nH]c3ccccc23)C1. The van der Waals surface area contributed by atoms with Crippen molar-refractivity contribution in [2.45, 2.75) is 12.5 Å². The molecule has 1 aromatic heterocycles. The van der Waals surface area contributed by atoms with Crippen molar-refractivity contribution < 1.29 is 14.7 Å². The van der Waals surface area contributed by atoms with Crippen molar-refractivity contribution in [3.8, 4) is 0 Å². The van der Waals surface area contributed by atoms with Crippen LogP contribution in [0.3, 0.4) is 0 Å². The number of hydrogen-bond donors (Lipinski definition) is 3. The predicted octanol–water partition coefficient (Wildman–Crippen LogP) is 1.77. The second-order valence-corrected chi connectivity index (χ2v) is 6.65. The van der Waals surface area contributed by atoms with E-state index in [4.69, 9.17) is 0 Å². The maximum absolute atomic E-state index is 12.7. The third-order valence-corrected chi connectivity index (χ3v) is 4.90. The highest BCUT2D eigenvalue weighted by atomic mass is 16.3. The zero-order valence-corrected chi connectivity index (χ0v) is 14.6. The van der Waals surface area contributed by atoms with Gasteiger partial charge in [0.25, 0.3) is 0 Å². The monoisotopic (exact) mass is 364 g/mol. The summed E-state index contributed by atoms with van der Waals surface area (Å²) in [7, 11) is 0. The van der Waals surface area contributed by atoms with Crippen LogP contribution in [-0.2, 0) is 9.59 Å². The standard InChI is InChI=1S/C20H20N4O3/c25-12-17(13-6-2-1-3-7-13)21-20(27)14-10-18(26)24(11-14)19-15-8-4-5-9-16(15)22-23-19/h1-9,14,17,25H,10-12H2,(H,21,27)(H,22,23)/t14-,17-/m0/s1. The lowest BCUT2D eigenvalue weighted by Crippen LogP contribution is -2.37. The highest BCUT2D eigenvalue weighted by Crippen LogP contribution is 2.30. The van der Waals surface area contributed by atoms with Crippen LogP contribution in [-0.4, -0.2) is 40.3 Å². The van der Waals surface area contributed by atoms with Crippen LogP contribution in [0, 0.1) is 5.92 Å². The molecule has 1 aliphatic heterocycles. The Morgan fingerprint density at radius 3 is 2.74 bits per heavy atom. The predicted molar refractivity (Wildman–Crippen MR) is 101 cm³/mol. The number of aliphatic hydroxyl groups is 1. The Morgan fingerprint density at radius 2 is 1.96 bits per heavy atom. The van der Waals surface area contributed by atoms with Gasteiger partial charge in [-0.05, 0) is 17.7 Å². The number of nitrogens with zero attached hydrogens (tertiary/aromatic N) is 2. The summed E-state index contributed by atoms with van der Waals surface area (Å²) < 4.78 is 0. The van der Waals surface area contributed by atoms with Crippen LogP contribution in [0.5, 0.6) is 0 Å². The number of nitrogens with one attached hydrogen (secondary N) is 2. The maximum atomic E-state index is 12.7. The van der Waals surface area contributed by atoms with Crippen LogP contribution in [0.2, 0.25) is 0 Å². The fraction of sp³-hybridized carbons (Fsp3) is 0.250. The largest absolute Gasteiger partial charge is 0.394 e. The van der Waals surface area contributed by atoms with E-state index in [9.17, 15) is 14.7 Å². The van der Waals surface area contributed by atoms with E-state index >= 15 is 0 Å². The lowest BCUT2D eigenvalue weighted by atomic mass is 10.0. The normalized spacial score (nSPS) is 18.0. The second kappa shape index (κ2) is 7.20. The van der Waals surface area contributed by atoms with Gasteiger partial charge in [-0.2, -0.15) is 5.10 Å². The number of carbonyl (C=O) groups is 2. The van der Waals surface area contributed by atoms with Crippen molar-refractivity contribution in [3.05, 3.63) is 60.2 Å². The smallest absolute Gasteiger partial charge is 0.229 e. The van der Waals surface area contributed by atoms with Crippen LogP contribution in [0.1, 0.15) is 18.0 Å². The Kier molecular flexibility index (Phi) is 4.60. The molecule has 1 saturated heterocycles. The van der Waals surface area contributed by atoms with Crippen LogP contribution < -0.4 is 10.2 Å². The van der Waals surface area contributed by atoms with E-state index in [1.165, 1.54) is 0 Å². The number of fused-ring (bicyclic) bond motifs is 1. The minimum Gasteiger partial charge on any atom is -0.394 e. The van der Waals surface area contributed by atoms with Gasteiger partial charge in [-0.1, -0.05) is 42.5 Å². The van der Waals surface area contributed by atoms with E-state index in [2.05, 4.69) is 15.5 Å². The van der Waals surface area contributed by atoms with Crippen molar-refractivity contribution in [1.82, 2.24) is 15.5 Å². The fourth-order valence-electron chi connectivity index (χ4n) is 3.45. The molecule has 3 aromatic rings. The van der Waals surface area contributed by atoms with Gasteiger partial charge in [0.15, 0.2) is 5.82 Å². The van der Waals surface area contributed by atoms with Crippen LogP contribution >= 0.6 is 0 Å². The molecule has 7 heteroatoms. The number of anilines is 1. The maximum Gasteiger partial charge on any atom is 0.229 e. The average molecular weight is 364 g/mol. The summed E-state index contributed by atoms with van der Waals surface area (Å²) in [5, 5.41) is 20.5. The van der Waals surface area contributed by atoms with Crippen LogP contribution in [0.4, 0.5) is 5.82 Å². The summed E-state index contributed by atoms with van der Waals surface area (Å²) in [4.78, 5) is 26.7. The Bertz CT molecular complexity index is 970. The molecule has 2 atom stereocenters. The van der Waals surface area contributed by atoms with E-state index in [1.54, 1.807) is 4.90 Å². The quantitative estimate of drug-likeness (QED) is 0.642. The van der Waals surface area contributed by atoms with E-state index in [0.29, 0.717) is 5.82 Å². The zero-order chi connectivity index (χ0) is 18.8. The Hall–Kier alpha value is -3.19. The summed E-state index contributed by atoms with van der Waals surface area (Å²) in [6.45, 7) is 0.0661. The number of H-pyrrole nitrogens is 1. The molecule has 2 amide bonds. The third kappa shape index (κ3) is 3.29. The minimum absolute atomic E-state index is 0.125. The van der Waals surface area contributed by atoms with Crippen molar-refractivity contribution in [3.63, 3.8) is 0 Å². The molecule has 2 aromatic carbocycles. The number of aromatic nitrogens is 2. The van der Waals surface area contributed by atoms with E-state index in [-0.39, 0.29) is 31.4 Å². The number of hydrogen-bond acceptors (Lipinski definition) is 4. The van der Waals surface area contributed by atoms with Gasteiger partial charge in [-0.15, -0.1) is 0 Å². The van der Waals surface area contributed by atoms with Gasteiger partial charge in [-0.25, -0.2) is 0 Å². The first-order chi connectivity index (χ1) is 13.2. The minimum atomic E-state index is -0.492. The molecule has 1 fully saturated rings. The van der Waals surface area contributed by atoms with Crippen molar-refractivity contribution in [2.24, 2.45) is 5.92 Å². The first-order valence-electron chi connectivity index (χ1n) is 8.87. The first-order valence-corrected chi connectivity index (χ1v) is 8.87. The molecule has 138 valence electrons. The first kappa shape index (κ1) is 17.2. The van der Waals surface area contributed by atoms with Crippen molar-refractivity contribution in [2.75, 3.05) is 18.1 Å². The second-order valence-electron chi connectivity index (χ2n) is 6.65. The molecule has 1 aliphatic rings. The van der Waals surface area contributed by atoms with Gasteiger partial charge < -0.3 is 10.4 Å². The summed E-state index contributed by atoms with van der Waals surface area (Å²) in [5.74, 6) is -0.306. The summed E-state index contributed by atoms with van der Waals surface area (Å²) >= 11 is 0. The van der Waals surface area contributed by atoms with Crippen LogP contribution in [0.25, 0.3) is 10.9 Å². The highest BCUT2D eigenvalue weighted by molar-refractivity contribution is 6.05. The lowest BCUT2D eigenvalue weighted by molar-refractivity contribution is -0.127. The van der Waals surface area contributed by atoms with E-state index < -0.39 is 12.0 Å². The molecule has 0 radical (unpaired) electrons. The molecule has 0 bridgehead atoms. The molecular formula is C20H20N4O3. The lowest BCUT2D eigenvalue weighted by Gasteiger charge is -2.19. The summed E-state index contributed by atoms with van der Waals surface area (Å²) in [6.07, 6.45) is 0.125. The number of aromatic amines is 1. The van der Waals surface area contributed by atoms with Gasteiger partial charge in [0, 0.05) is 18.4 Å². The van der Waals surface area contributed by atoms with E-state index in [1.807, 2.05) is 54.6 Å². The molecule has 3 N–H and O–H groups in total. The number of rotatable bonds is 5. The number of carbonyl (C=O) groups excluding carboxylic acids is 2. The molecule has 7 nitrogen and oxygen atoms in total. The van der Waals surface area contributed by atoms with E-state index in [0.717, 1.165) is 16.5 Å².